The number of fused-ring (bicyclic) bond motifs is 5. The SMILES string of the molecule is CC(Nc1nc(-c2ccccn2)nc2scc(-c3ccccc3)c12)c1nncn1C.OCCn1ncc2c1CCCC2Nc1nc(-c2ccccn2)nc2scc(-c3ccccc3)c12.c1ccc(-c2csc3nc(-c4ccccn4)nc(N4CCN(CC5CCCO5)CC4)c23)cc1.c1ccc(-c2csc3nc(-c4ccccn4)nc(N4CCN(Cc5cccnc5)CC4)c23)cc1. The number of rotatable bonds is 21. The first-order chi connectivity index (χ1) is 64.7. The molecule has 4 aromatic carbocycles. The molecule has 4 aliphatic rings. The number of piperazine rings is 2. The number of pyridine rings is 5. The van der Waals surface area contributed by atoms with Crippen molar-refractivity contribution < 1.29 is 9.84 Å². The zero-order valence-electron chi connectivity index (χ0n) is 72.3. The van der Waals surface area contributed by atoms with E-state index in [1.165, 1.54) is 51.9 Å². The molecular weight excluding hydrogens is 1710 g/mol. The van der Waals surface area contributed by atoms with E-state index in [1.54, 1.807) is 76.5 Å². The maximum atomic E-state index is 9.41. The van der Waals surface area contributed by atoms with Crippen LogP contribution in [0.3, 0.4) is 0 Å². The summed E-state index contributed by atoms with van der Waals surface area (Å²) in [5.74, 6) is 7.03. The molecule has 0 amide bonds. The fourth-order valence-corrected chi connectivity index (χ4v) is 21.2. The Labute approximate surface area is 773 Å². The molecule has 0 bridgehead atoms. The fourth-order valence-electron chi connectivity index (χ4n) is 17.4. The molecule has 15 aromatic heterocycles. The van der Waals surface area contributed by atoms with Gasteiger partial charge in [0.2, 0.25) is 0 Å². The van der Waals surface area contributed by atoms with Gasteiger partial charge in [-0.3, -0.25) is 39.4 Å². The van der Waals surface area contributed by atoms with E-state index < -0.39 is 0 Å². The maximum Gasteiger partial charge on any atom is 0.181 e. The number of ether oxygens (including phenoxy) is 1. The highest BCUT2D eigenvalue weighted by Crippen LogP contribution is 2.46. The Morgan fingerprint density at radius 3 is 1.34 bits per heavy atom. The molecule has 18 heterocycles. The molecule has 3 aliphatic heterocycles. The average molecular weight is 1800 g/mol. The first kappa shape index (κ1) is 85.3. The van der Waals surface area contributed by atoms with Gasteiger partial charge in [0.1, 0.15) is 71.7 Å². The fraction of sp³-hybridized carbons (Fsp3) is 0.228. The number of benzene rings is 4. The summed E-state index contributed by atoms with van der Waals surface area (Å²) in [6, 6.07) is 69.2. The maximum absolute atomic E-state index is 9.41. The molecule has 0 spiro atoms. The normalized spacial score (nSPS) is 15.4. The number of anilines is 4. The summed E-state index contributed by atoms with van der Waals surface area (Å²) in [6.07, 6.45) is 20.3. The van der Waals surface area contributed by atoms with Crippen molar-refractivity contribution >= 4 is 109 Å². The number of aromatic nitrogens is 18. The lowest BCUT2D eigenvalue weighted by Crippen LogP contribution is -2.48. The Hall–Kier alpha value is -13.8. The molecule has 3 saturated heterocycles. The lowest BCUT2D eigenvalue weighted by atomic mass is 9.92. The van der Waals surface area contributed by atoms with Gasteiger partial charge in [0.15, 0.2) is 29.1 Å². The van der Waals surface area contributed by atoms with Gasteiger partial charge in [-0.25, -0.2) is 39.9 Å². The van der Waals surface area contributed by atoms with Crippen LogP contribution in [0.4, 0.5) is 23.3 Å². The minimum atomic E-state index is -0.0873. The van der Waals surface area contributed by atoms with Gasteiger partial charge in [-0.2, -0.15) is 5.10 Å². The first-order valence-electron chi connectivity index (χ1n) is 44.2. The number of aliphatic hydroxyl groups is 1. The Morgan fingerprint density at radius 2 is 0.908 bits per heavy atom. The van der Waals surface area contributed by atoms with Crippen molar-refractivity contribution in [3.05, 3.63) is 300 Å². The standard InChI is InChI=1S/C27H24N6S.C26H24N6OS.C26H27N5OS.C22H19N7S/c1-2-8-21(9-3-1)22-19-34-27-24(22)26(30-25(31-27)23-10-4-5-12-29-23)33-15-13-32(14-16-33)18-20-7-6-11-28-17-20;33-14-13-32-22-11-6-10-20(18(22)15-28-32)29-25-23-19(17-7-2-1-3-8-17)16-34-26(23)31-24(30-25)21-9-4-5-12-27-21;1-2-7-19(8-3-1)21-18-33-26-23(21)25(28-24(29-26)22-10-4-5-11-27-22)31-14-12-30(13-15-31)17-20-9-6-16-32-20;1-14(21-28-24-13-29(21)2)25-20-18-16(15-8-4-3-5-9-15)12-30-22(18)27-19(26-20)17-10-6-7-11-23-17/h1-12,17,19H,13-16,18H2;1-5,7-9,12,15-16,20,33H,6,10-11,13-14H2,(H,29,30,31);1-5,7-8,10-11,18,20H,6,9,12-17H2;3-14H,1-2H3,(H,25,26,27). The Balaban J connectivity index is 0.000000109. The summed E-state index contributed by atoms with van der Waals surface area (Å²) >= 11 is 6.59. The molecule has 3 unspecified atom stereocenters. The molecule has 30 heteroatoms. The summed E-state index contributed by atoms with van der Waals surface area (Å²) in [5.41, 5.74) is 16.0. The number of hydrogen-bond donors (Lipinski definition) is 3. The Morgan fingerprint density at radius 1 is 0.458 bits per heavy atom. The molecule has 26 nitrogen and oxygen atoms in total. The molecule has 654 valence electrons. The lowest BCUT2D eigenvalue weighted by molar-refractivity contribution is 0.0712. The van der Waals surface area contributed by atoms with Crippen molar-refractivity contribution in [1.29, 1.82) is 0 Å². The van der Waals surface area contributed by atoms with Crippen molar-refractivity contribution in [2.75, 3.05) is 92.5 Å². The second-order valence-electron chi connectivity index (χ2n) is 32.5. The highest BCUT2D eigenvalue weighted by molar-refractivity contribution is 7.18. The zero-order chi connectivity index (χ0) is 88.2. The predicted molar refractivity (Wildman–Crippen MR) is 525 cm³/mol. The van der Waals surface area contributed by atoms with Crippen LogP contribution in [-0.4, -0.2) is 182 Å². The third-order valence-corrected chi connectivity index (χ3v) is 27.4. The van der Waals surface area contributed by atoms with E-state index in [0.29, 0.717) is 35.9 Å². The summed E-state index contributed by atoms with van der Waals surface area (Å²) in [6.45, 7) is 13.3. The summed E-state index contributed by atoms with van der Waals surface area (Å²) in [7, 11) is 1.93. The molecule has 23 rings (SSSR count). The van der Waals surface area contributed by atoms with E-state index in [2.05, 4.69) is 195 Å². The van der Waals surface area contributed by atoms with Crippen molar-refractivity contribution in [3.8, 4) is 90.6 Å². The van der Waals surface area contributed by atoms with Gasteiger partial charge in [0.25, 0.3) is 0 Å². The van der Waals surface area contributed by atoms with E-state index >= 15 is 0 Å². The van der Waals surface area contributed by atoms with Gasteiger partial charge >= 0.3 is 0 Å². The monoisotopic (exact) mass is 1800 g/mol. The molecule has 3 atom stereocenters. The highest BCUT2D eigenvalue weighted by Gasteiger charge is 2.32. The third-order valence-electron chi connectivity index (χ3n) is 23.9. The third kappa shape index (κ3) is 19.2. The largest absolute Gasteiger partial charge is 0.394 e. The van der Waals surface area contributed by atoms with Crippen molar-refractivity contribution in [2.24, 2.45) is 7.05 Å². The summed E-state index contributed by atoms with van der Waals surface area (Å²) in [5, 5.41) is 42.5. The van der Waals surface area contributed by atoms with Gasteiger partial charge in [0, 0.05) is 171 Å². The Bertz CT molecular complexity index is 7000. The average Bonchev–Trinajstić information content (AvgIpc) is 1.68. The van der Waals surface area contributed by atoms with Crippen LogP contribution in [0.5, 0.6) is 0 Å². The number of nitrogens with one attached hydrogen (secondary N) is 2. The van der Waals surface area contributed by atoms with E-state index in [9.17, 15) is 5.11 Å². The molecule has 0 saturated carbocycles. The van der Waals surface area contributed by atoms with Crippen LogP contribution in [0.15, 0.2) is 277 Å². The van der Waals surface area contributed by atoms with Gasteiger partial charge in [-0.1, -0.05) is 152 Å². The minimum absolute atomic E-state index is 0.0848. The minimum Gasteiger partial charge on any atom is -0.394 e. The van der Waals surface area contributed by atoms with Crippen molar-refractivity contribution in [3.63, 3.8) is 0 Å². The van der Waals surface area contributed by atoms with E-state index in [4.69, 9.17) is 44.6 Å². The molecule has 0 radical (unpaired) electrons. The van der Waals surface area contributed by atoms with Gasteiger partial charge < -0.3 is 34.8 Å². The van der Waals surface area contributed by atoms with Crippen molar-refractivity contribution in [1.82, 2.24) is 99.1 Å². The quantitative estimate of drug-likeness (QED) is 0.0602. The number of hydrogen-bond acceptors (Lipinski definition) is 28. The van der Waals surface area contributed by atoms with E-state index in [-0.39, 0.29) is 18.7 Å². The molecule has 3 fully saturated rings. The van der Waals surface area contributed by atoms with Gasteiger partial charge in [-0.05, 0) is 121 Å². The van der Waals surface area contributed by atoms with Crippen LogP contribution < -0.4 is 20.4 Å². The second kappa shape index (κ2) is 40.0. The molecule has 3 N–H and O–H groups in total. The molecular formula is C101H94N24O2S4. The summed E-state index contributed by atoms with van der Waals surface area (Å²) < 4.78 is 9.70. The predicted octanol–water partition coefficient (Wildman–Crippen LogP) is 19.7. The van der Waals surface area contributed by atoms with Crippen LogP contribution in [0.25, 0.3) is 131 Å². The smallest absolute Gasteiger partial charge is 0.181 e. The van der Waals surface area contributed by atoms with Crippen molar-refractivity contribution in [2.45, 2.75) is 70.3 Å². The van der Waals surface area contributed by atoms with Crippen LogP contribution in [0.1, 0.15) is 67.3 Å². The molecule has 1 aliphatic carbocycles. The van der Waals surface area contributed by atoms with E-state index in [0.717, 1.165) is 206 Å². The number of aliphatic hydroxyl groups excluding tert-OH is 1. The van der Waals surface area contributed by atoms with Gasteiger partial charge in [-0.15, -0.1) is 55.5 Å². The topological polar surface area (TPSA) is 283 Å². The highest BCUT2D eigenvalue weighted by atomic mass is 32.1. The van der Waals surface area contributed by atoms with Gasteiger partial charge in [0.05, 0.1) is 59.1 Å². The summed E-state index contributed by atoms with van der Waals surface area (Å²) in [4.78, 5) is 75.5. The molecule has 19 aromatic rings. The first-order valence-corrected chi connectivity index (χ1v) is 47.8. The van der Waals surface area contributed by atoms with Crippen LogP contribution in [-0.2, 0) is 31.3 Å². The van der Waals surface area contributed by atoms with E-state index in [1.807, 2.05) is 145 Å². The van der Waals surface area contributed by atoms with Crippen LogP contribution >= 0.6 is 45.3 Å². The lowest BCUT2D eigenvalue weighted by Gasteiger charge is -2.36. The second-order valence-corrected chi connectivity index (χ2v) is 35.9. The number of nitrogens with zero attached hydrogens (tertiary/aromatic N) is 22. The molecule has 131 heavy (non-hydrogen) atoms. The Kier molecular flexibility index (Phi) is 26.1. The van der Waals surface area contributed by atoms with Crippen LogP contribution in [0.2, 0.25) is 0 Å². The number of aryl methyl sites for hydroxylation is 1. The van der Waals surface area contributed by atoms with Crippen LogP contribution in [0, 0.1) is 0 Å². The number of thiophene rings is 4. The zero-order valence-corrected chi connectivity index (χ0v) is 75.6.